The van der Waals surface area contributed by atoms with Gasteiger partial charge in [0.1, 0.15) is 12.3 Å². The van der Waals surface area contributed by atoms with Gasteiger partial charge in [-0.3, -0.25) is 0 Å². The highest BCUT2D eigenvalue weighted by atomic mass is 16.5. The van der Waals surface area contributed by atoms with E-state index < -0.39 is 0 Å². The van der Waals surface area contributed by atoms with Gasteiger partial charge in [0.2, 0.25) is 5.89 Å². The third kappa shape index (κ3) is 4.47. The third-order valence-electron chi connectivity index (χ3n) is 3.92. The van der Waals surface area contributed by atoms with Crippen LogP contribution in [0, 0.1) is 13.8 Å². The Hall–Kier alpha value is -1.56. The maximum atomic E-state index is 5.70. The van der Waals surface area contributed by atoms with Crippen molar-refractivity contribution in [2.75, 3.05) is 26.2 Å². The number of nitrogens with zero attached hydrogens (tertiary/aromatic N) is 3. The van der Waals surface area contributed by atoms with E-state index in [2.05, 4.69) is 34.0 Å². The van der Waals surface area contributed by atoms with Crippen LogP contribution in [0.15, 0.2) is 9.41 Å². The molecular formula is C16H28N4O2. The fraction of sp³-hybridized carbons (Fsp3) is 0.750. The molecule has 1 aromatic rings. The number of hydrogen-bond donors (Lipinski definition) is 1. The van der Waals surface area contributed by atoms with Crippen LogP contribution in [0.25, 0.3) is 0 Å². The Morgan fingerprint density at radius 1 is 1.36 bits per heavy atom. The molecule has 0 unspecified atom stereocenters. The number of aromatic nitrogens is 1. The number of likely N-dealkylation sites (tertiary alicyclic amines) is 1. The molecule has 2 heterocycles. The Kier molecular flexibility index (Phi) is 6.24. The van der Waals surface area contributed by atoms with Crippen molar-refractivity contribution in [1.29, 1.82) is 0 Å². The first-order valence-corrected chi connectivity index (χ1v) is 8.21. The molecule has 0 atom stereocenters. The summed E-state index contributed by atoms with van der Waals surface area (Å²) in [5.41, 5.74) is 0.938. The highest BCUT2D eigenvalue weighted by molar-refractivity contribution is 5.80. The van der Waals surface area contributed by atoms with E-state index in [1.54, 1.807) is 0 Å². The van der Waals surface area contributed by atoms with Crippen LogP contribution in [0.2, 0.25) is 0 Å². The minimum absolute atomic E-state index is 0.390. The van der Waals surface area contributed by atoms with Crippen LogP contribution in [-0.2, 0) is 11.3 Å². The van der Waals surface area contributed by atoms with Crippen molar-refractivity contribution in [3.63, 3.8) is 0 Å². The maximum absolute atomic E-state index is 5.70. The molecule has 1 N–H and O–H groups in total. The number of ether oxygens (including phenoxy) is 1. The van der Waals surface area contributed by atoms with Gasteiger partial charge in [-0.25, -0.2) is 9.98 Å². The monoisotopic (exact) mass is 308 g/mol. The Morgan fingerprint density at radius 3 is 2.64 bits per heavy atom. The van der Waals surface area contributed by atoms with E-state index in [-0.39, 0.29) is 0 Å². The van der Waals surface area contributed by atoms with Crippen LogP contribution >= 0.6 is 0 Å². The molecule has 124 valence electrons. The second-order valence-electron chi connectivity index (χ2n) is 5.56. The van der Waals surface area contributed by atoms with E-state index in [0.717, 1.165) is 56.5 Å². The smallest absolute Gasteiger partial charge is 0.216 e. The van der Waals surface area contributed by atoms with Crippen LogP contribution in [0.5, 0.6) is 0 Å². The Bertz CT molecular complexity index is 471. The molecule has 1 fully saturated rings. The highest BCUT2D eigenvalue weighted by Gasteiger charge is 2.21. The predicted octanol–water partition coefficient (Wildman–Crippen LogP) is 2.26. The standard InChI is InChI=1S/C16H28N4O2/c1-5-17-16(18-11-15-19-12(3)13(4)22-15)20-9-7-14(8-10-20)21-6-2/h14H,5-11H2,1-4H3,(H,17,18). The molecule has 0 radical (unpaired) electrons. The zero-order chi connectivity index (χ0) is 15.9. The van der Waals surface area contributed by atoms with E-state index in [1.165, 1.54) is 0 Å². The molecule has 1 saturated heterocycles. The van der Waals surface area contributed by atoms with Crippen LogP contribution in [0.1, 0.15) is 44.0 Å². The Morgan fingerprint density at radius 2 is 2.09 bits per heavy atom. The quantitative estimate of drug-likeness (QED) is 0.668. The minimum atomic E-state index is 0.390. The van der Waals surface area contributed by atoms with Crippen molar-refractivity contribution < 1.29 is 9.15 Å². The van der Waals surface area contributed by atoms with Crippen molar-refractivity contribution in [2.24, 2.45) is 4.99 Å². The van der Waals surface area contributed by atoms with Crippen LogP contribution in [0.4, 0.5) is 0 Å². The van der Waals surface area contributed by atoms with Crippen molar-refractivity contribution in [2.45, 2.75) is 53.2 Å². The Balaban J connectivity index is 1.95. The van der Waals surface area contributed by atoms with Crippen molar-refractivity contribution in [3.05, 3.63) is 17.3 Å². The van der Waals surface area contributed by atoms with E-state index in [4.69, 9.17) is 9.15 Å². The highest BCUT2D eigenvalue weighted by Crippen LogP contribution is 2.14. The maximum Gasteiger partial charge on any atom is 0.216 e. The van der Waals surface area contributed by atoms with Crippen LogP contribution in [0.3, 0.4) is 0 Å². The van der Waals surface area contributed by atoms with E-state index >= 15 is 0 Å². The lowest BCUT2D eigenvalue weighted by Crippen LogP contribution is -2.47. The van der Waals surface area contributed by atoms with Gasteiger partial charge in [0.25, 0.3) is 0 Å². The van der Waals surface area contributed by atoms with Gasteiger partial charge in [-0.2, -0.15) is 0 Å². The van der Waals surface area contributed by atoms with E-state index in [1.807, 2.05) is 13.8 Å². The lowest BCUT2D eigenvalue weighted by atomic mass is 10.1. The molecular weight excluding hydrogens is 280 g/mol. The molecule has 1 aliphatic rings. The van der Waals surface area contributed by atoms with Crippen molar-refractivity contribution in [1.82, 2.24) is 15.2 Å². The Labute approximate surface area is 133 Å². The van der Waals surface area contributed by atoms with Gasteiger partial charge in [-0.15, -0.1) is 0 Å². The summed E-state index contributed by atoms with van der Waals surface area (Å²) in [5, 5.41) is 3.36. The van der Waals surface area contributed by atoms with E-state index in [9.17, 15) is 0 Å². The molecule has 6 nitrogen and oxygen atoms in total. The summed E-state index contributed by atoms with van der Waals surface area (Å²) in [7, 11) is 0. The largest absolute Gasteiger partial charge is 0.444 e. The summed E-state index contributed by atoms with van der Waals surface area (Å²) in [6, 6.07) is 0. The molecule has 0 spiro atoms. The van der Waals surface area contributed by atoms with Gasteiger partial charge >= 0.3 is 0 Å². The summed E-state index contributed by atoms with van der Waals surface area (Å²) in [4.78, 5) is 11.3. The lowest BCUT2D eigenvalue weighted by molar-refractivity contribution is 0.0263. The van der Waals surface area contributed by atoms with Crippen molar-refractivity contribution >= 4 is 5.96 Å². The molecule has 2 rings (SSSR count). The predicted molar refractivity (Wildman–Crippen MR) is 87.0 cm³/mol. The summed E-state index contributed by atoms with van der Waals surface area (Å²) >= 11 is 0. The molecule has 22 heavy (non-hydrogen) atoms. The molecule has 0 amide bonds. The molecule has 6 heteroatoms. The number of aryl methyl sites for hydroxylation is 2. The lowest BCUT2D eigenvalue weighted by Gasteiger charge is -2.34. The number of guanidine groups is 1. The molecule has 0 aliphatic carbocycles. The van der Waals surface area contributed by atoms with Crippen LogP contribution in [-0.4, -0.2) is 48.2 Å². The average molecular weight is 308 g/mol. The van der Waals surface area contributed by atoms with E-state index in [0.29, 0.717) is 18.5 Å². The second kappa shape index (κ2) is 8.17. The second-order valence-corrected chi connectivity index (χ2v) is 5.56. The first-order chi connectivity index (χ1) is 10.6. The van der Waals surface area contributed by atoms with Gasteiger partial charge in [0.05, 0.1) is 11.8 Å². The molecule has 1 aliphatic heterocycles. The van der Waals surface area contributed by atoms with Gasteiger partial charge < -0.3 is 19.4 Å². The SMILES string of the molecule is CCNC(=NCc1nc(C)c(C)o1)N1CCC(OCC)CC1. The summed E-state index contributed by atoms with van der Waals surface area (Å²) in [5.74, 6) is 2.48. The number of nitrogens with one attached hydrogen (secondary N) is 1. The van der Waals surface area contributed by atoms with Gasteiger partial charge in [-0.05, 0) is 40.5 Å². The summed E-state index contributed by atoms with van der Waals surface area (Å²) in [6.07, 6.45) is 2.49. The third-order valence-corrected chi connectivity index (χ3v) is 3.92. The summed E-state index contributed by atoms with van der Waals surface area (Å²) < 4.78 is 11.3. The van der Waals surface area contributed by atoms with Crippen molar-refractivity contribution in [3.8, 4) is 0 Å². The zero-order valence-corrected chi connectivity index (χ0v) is 14.2. The fourth-order valence-electron chi connectivity index (χ4n) is 2.65. The first kappa shape index (κ1) is 16.8. The molecule has 1 aromatic heterocycles. The van der Waals surface area contributed by atoms with Gasteiger partial charge in [0.15, 0.2) is 5.96 Å². The molecule has 0 aromatic carbocycles. The number of piperidine rings is 1. The van der Waals surface area contributed by atoms with Gasteiger partial charge in [0, 0.05) is 26.2 Å². The minimum Gasteiger partial charge on any atom is -0.444 e. The van der Waals surface area contributed by atoms with Crippen LogP contribution < -0.4 is 5.32 Å². The summed E-state index contributed by atoms with van der Waals surface area (Å²) in [6.45, 7) is 12.1. The molecule has 0 bridgehead atoms. The topological polar surface area (TPSA) is 62.9 Å². The number of rotatable bonds is 5. The number of hydrogen-bond acceptors (Lipinski definition) is 4. The first-order valence-electron chi connectivity index (χ1n) is 8.21. The number of aliphatic imine (C=N–C) groups is 1. The molecule has 0 saturated carbocycles. The average Bonchev–Trinajstić information content (AvgIpc) is 2.83. The fourth-order valence-corrected chi connectivity index (χ4v) is 2.65. The van der Waals surface area contributed by atoms with Gasteiger partial charge in [-0.1, -0.05) is 0 Å². The normalized spacial score (nSPS) is 17.1. The zero-order valence-electron chi connectivity index (χ0n) is 14.2. The number of oxazole rings is 1.